The number of nitrogens with zero attached hydrogens (tertiary/aromatic N) is 2. The van der Waals surface area contributed by atoms with Crippen LogP contribution in [0.2, 0.25) is 0 Å². The summed E-state index contributed by atoms with van der Waals surface area (Å²) in [5.74, 6) is 0.915. The van der Waals surface area contributed by atoms with E-state index in [0.717, 1.165) is 29.8 Å². The maximum Gasteiger partial charge on any atom is 2.00 e. The van der Waals surface area contributed by atoms with Crippen LogP contribution < -0.4 is 10.2 Å². The zero-order chi connectivity index (χ0) is 13.2. The third kappa shape index (κ3) is 2.58. The summed E-state index contributed by atoms with van der Waals surface area (Å²) in [6, 6.07) is 6.02. The smallest absolute Gasteiger partial charge is 0.496 e. The Morgan fingerprint density at radius 2 is 2.30 bits per heavy atom. The average molecular weight is 330 g/mol. The van der Waals surface area contributed by atoms with Crippen LogP contribution in [0, 0.1) is 0 Å². The van der Waals surface area contributed by atoms with Crippen LogP contribution in [0.1, 0.15) is 10.4 Å². The van der Waals surface area contributed by atoms with Crippen LogP contribution in [0.25, 0.3) is 11.3 Å². The molecule has 1 aliphatic rings. The molecule has 5 nitrogen and oxygen atoms in total. The number of hydroxylamine groups is 1. The van der Waals surface area contributed by atoms with Gasteiger partial charge >= 0.3 is 17.1 Å². The molecule has 0 saturated carbocycles. The quantitative estimate of drug-likeness (QED) is 0.393. The number of aromatic nitrogens is 1. The Morgan fingerprint density at radius 1 is 1.45 bits per heavy atom. The van der Waals surface area contributed by atoms with Crippen LogP contribution in [0.3, 0.4) is 0 Å². The van der Waals surface area contributed by atoms with Gasteiger partial charge in [-0.3, -0.25) is 10.7 Å². The molecule has 0 spiro atoms. The van der Waals surface area contributed by atoms with Gasteiger partial charge in [-0.15, -0.1) is 0 Å². The summed E-state index contributed by atoms with van der Waals surface area (Å²) < 4.78 is 5.40. The average Bonchev–Trinajstić information content (AvgIpc) is 2.87. The van der Waals surface area contributed by atoms with E-state index in [1.165, 1.54) is 16.8 Å². The second-order valence-corrected chi connectivity index (χ2v) is 5.20. The van der Waals surface area contributed by atoms with Crippen molar-refractivity contribution < 1.29 is 27.0 Å². The Morgan fingerprint density at radius 3 is 3.05 bits per heavy atom. The molecule has 2 N–H and O–H groups in total. The number of methoxy groups -OCH3 is 1. The van der Waals surface area contributed by atoms with Gasteiger partial charge in [0.1, 0.15) is 12.1 Å². The maximum absolute atomic E-state index is 8.52. The molecule has 0 fully saturated rings. The minimum Gasteiger partial charge on any atom is -0.496 e. The Bertz CT molecular complexity index is 643. The third-order valence-electron chi connectivity index (χ3n) is 3.13. The van der Waals surface area contributed by atoms with Crippen LogP contribution in [0.15, 0.2) is 23.2 Å². The first kappa shape index (κ1) is 15.0. The summed E-state index contributed by atoms with van der Waals surface area (Å²) >= 11 is 1.55. The second-order valence-electron chi connectivity index (χ2n) is 4.14. The number of thiazole rings is 1. The van der Waals surface area contributed by atoms with Gasteiger partial charge in [-0.1, -0.05) is 23.5 Å². The fourth-order valence-electron chi connectivity index (χ4n) is 2.33. The molecule has 2 aromatic rings. The predicted molar refractivity (Wildman–Crippen MR) is 74.6 cm³/mol. The normalized spacial score (nSPS) is 12.5. The first-order chi connectivity index (χ1) is 9.33. The molecular weight excluding hydrogens is 317 g/mol. The molecule has 3 rings (SSSR count). The molecule has 7 heteroatoms. The van der Waals surface area contributed by atoms with E-state index in [1.807, 2.05) is 17.6 Å². The molecule has 0 saturated heterocycles. The van der Waals surface area contributed by atoms with Crippen molar-refractivity contribution in [2.75, 3.05) is 7.11 Å². The molecular formula is C13H13MnN3O2S+2. The van der Waals surface area contributed by atoms with Crippen molar-refractivity contribution in [1.82, 2.24) is 10.5 Å². The molecule has 0 amide bonds. The van der Waals surface area contributed by atoms with Crippen LogP contribution in [0.4, 0.5) is 5.13 Å². The Kier molecular flexibility index (Phi) is 4.77. The molecule has 1 aromatic carbocycles. The Balaban J connectivity index is 0.00000147. The number of aliphatic imine (C=N–C) groups is 1. The van der Waals surface area contributed by atoms with Crippen molar-refractivity contribution in [3.63, 3.8) is 0 Å². The van der Waals surface area contributed by atoms with E-state index in [4.69, 9.17) is 9.94 Å². The van der Waals surface area contributed by atoms with E-state index in [2.05, 4.69) is 16.0 Å². The van der Waals surface area contributed by atoms with Gasteiger partial charge in [-0.2, -0.15) is 0 Å². The first-order valence-corrected chi connectivity index (χ1v) is 6.73. The zero-order valence-corrected chi connectivity index (χ0v) is 12.8. The van der Waals surface area contributed by atoms with Crippen molar-refractivity contribution in [3.05, 3.63) is 28.6 Å². The third-order valence-corrected chi connectivity index (χ3v) is 4.15. The van der Waals surface area contributed by atoms with Gasteiger partial charge in [0.2, 0.25) is 5.13 Å². The largest absolute Gasteiger partial charge is 2.00 e. The van der Waals surface area contributed by atoms with E-state index in [0.29, 0.717) is 5.13 Å². The molecule has 1 aromatic heterocycles. The standard InChI is InChI=1S/C13H13N3O2S.Mn/c1-18-10-4-2-3-9-8(10)5-6-11-12(9)16-13(19-11)14-7-15-17;/h2-4,7,17H,5-6H2,1H3,(H,14,15,16);/q;+2. The fourth-order valence-corrected chi connectivity index (χ4v) is 3.25. The number of hydrogen-bond acceptors (Lipinski definition) is 5. The molecule has 0 unspecified atom stereocenters. The molecule has 0 bridgehead atoms. The first-order valence-electron chi connectivity index (χ1n) is 5.91. The molecule has 1 radical (unpaired) electrons. The number of nitrogens with one attached hydrogen (secondary N) is 1. The number of hydrogen-bond donors (Lipinski definition) is 2. The minimum atomic E-state index is 0. The van der Waals surface area contributed by atoms with Crippen LogP contribution in [-0.4, -0.2) is 23.6 Å². The summed E-state index contributed by atoms with van der Waals surface area (Å²) in [6.07, 6.45) is 3.12. The number of benzene rings is 1. The molecule has 1 aliphatic carbocycles. The van der Waals surface area contributed by atoms with E-state index in [-0.39, 0.29) is 17.1 Å². The molecule has 1 heterocycles. The van der Waals surface area contributed by atoms with Gasteiger partial charge in [0, 0.05) is 16.0 Å². The fraction of sp³-hybridized carbons (Fsp3) is 0.231. The van der Waals surface area contributed by atoms with Gasteiger partial charge in [-0.05, 0) is 18.9 Å². The Hall–Kier alpha value is -1.40. The molecule has 103 valence electrons. The topological polar surface area (TPSA) is 66.7 Å². The SMILES string of the molecule is COc1cccc2c1CCc1sc(/N=C\NO)nc1-2.[Mn+2]. The van der Waals surface area contributed by atoms with Gasteiger partial charge in [-0.25, -0.2) is 9.98 Å². The molecule has 0 aliphatic heterocycles. The van der Waals surface area contributed by atoms with Crippen molar-refractivity contribution in [2.24, 2.45) is 4.99 Å². The predicted octanol–water partition coefficient (Wildman–Crippen LogP) is 2.55. The summed E-state index contributed by atoms with van der Waals surface area (Å²) in [5, 5.41) is 9.16. The van der Waals surface area contributed by atoms with Gasteiger partial charge in [0.25, 0.3) is 0 Å². The summed E-state index contributed by atoms with van der Waals surface area (Å²) in [6.45, 7) is 0. The monoisotopic (exact) mass is 330 g/mol. The zero-order valence-electron chi connectivity index (χ0n) is 10.8. The van der Waals surface area contributed by atoms with E-state index >= 15 is 0 Å². The number of fused-ring (bicyclic) bond motifs is 3. The van der Waals surface area contributed by atoms with Crippen LogP contribution >= 0.6 is 11.3 Å². The minimum absolute atomic E-state index is 0. The second kappa shape index (κ2) is 6.37. The van der Waals surface area contributed by atoms with E-state index in [9.17, 15) is 0 Å². The maximum atomic E-state index is 8.52. The van der Waals surface area contributed by atoms with Gasteiger partial charge < -0.3 is 4.74 Å². The van der Waals surface area contributed by atoms with Gasteiger partial charge in [0.15, 0.2) is 0 Å². The van der Waals surface area contributed by atoms with Crippen LogP contribution in [-0.2, 0) is 29.9 Å². The summed E-state index contributed by atoms with van der Waals surface area (Å²) in [5.41, 5.74) is 5.20. The number of aryl methyl sites for hydroxylation is 1. The number of ether oxygens (including phenoxy) is 1. The van der Waals surface area contributed by atoms with E-state index < -0.39 is 0 Å². The molecule has 20 heavy (non-hydrogen) atoms. The number of rotatable bonds is 3. The van der Waals surface area contributed by atoms with Crippen molar-refractivity contribution in [1.29, 1.82) is 0 Å². The van der Waals surface area contributed by atoms with Gasteiger partial charge in [0.05, 0.1) is 12.8 Å². The van der Waals surface area contributed by atoms with Crippen molar-refractivity contribution >= 4 is 22.8 Å². The summed E-state index contributed by atoms with van der Waals surface area (Å²) in [4.78, 5) is 9.78. The Labute approximate surface area is 131 Å². The van der Waals surface area contributed by atoms with Crippen molar-refractivity contribution in [3.8, 4) is 17.0 Å². The van der Waals surface area contributed by atoms with Crippen LogP contribution in [0.5, 0.6) is 5.75 Å². The summed E-state index contributed by atoms with van der Waals surface area (Å²) in [7, 11) is 1.69. The van der Waals surface area contributed by atoms with Crippen molar-refractivity contribution in [2.45, 2.75) is 12.8 Å². The van der Waals surface area contributed by atoms with E-state index in [1.54, 1.807) is 18.4 Å². The molecule has 0 atom stereocenters.